The number of morpholine rings is 1. The maximum absolute atomic E-state index is 12.7. The van der Waals surface area contributed by atoms with E-state index in [9.17, 15) is 19.6 Å². The number of fused-ring (bicyclic) bond motifs is 1. The number of hydrogen-bond acceptors (Lipinski definition) is 8. The van der Waals surface area contributed by atoms with Gasteiger partial charge >= 0.3 is 11.6 Å². The monoisotopic (exact) mass is 460 g/mol. The van der Waals surface area contributed by atoms with E-state index in [-0.39, 0.29) is 28.5 Å². The highest BCUT2D eigenvalue weighted by atomic mass is 16.6. The smallest absolute Gasteiger partial charge is 0.351 e. The largest absolute Gasteiger partial charge is 0.493 e. The van der Waals surface area contributed by atoms with Crippen molar-refractivity contribution >= 4 is 28.9 Å². The number of esters is 1. The average molecular weight is 460 g/mol. The molecule has 4 rings (SSSR count). The highest BCUT2D eigenvalue weighted by Crippen LogP contribution is 2.30. The molecule has 1 aliphatic rings. The van der Waals surface area contributed by atoms with E-state index in [2.05, 4.69) is 0 Å². The lowest BCUT2D eigenvalue weighted by molar-refractivity contribution is -0.130. The summed E-state index contributed by atoms with van der Waals surface area (Å²) in [5, 5.41) is 10.1. The second-order valence-corrected chi connectivity index (χ2v) is 7.36. The van der Waals surface area contributed by atoms with Gasteiger partial charge < -0.3 is 23.5 Å². The van der Waals surface area contributed by atoms with Crippen LogP contribution in [0.3, 0.4) is 0 Å². The van der Waals surface area contributed by atoms with Gasteiger partial charge in [-0.15, -0.1) is 0 Å². The number of carbonyl (C=O) groups excluding carboxylic acids is 2. The normalized spacial score (nSPS) is 13.9. The van der Waals surface area contributed by atoms with Gasteiger partial charge in [0, 0.05) is 18.5 Å². The van der Waals surface area contributed by atoms with Crippen molar-refractivity contribution in [2.75, 3.05) is 33.4 Å². The molecule has 1 fully saturated rings. The van der Waals surface area contributed by atoms with Crippen LogP contribution in [0.4, 0.5) is 0 Å². The molecule has 9 nitrogen and oxygen atoms in total. The molecule has 0 unspecified atom stereocenters. The molecular weight excluding hydrogens is 440 g/mol. The Labute approximate surface area is 194 Å². The van der Waals surface area contributed by atoms with Crippen LogP contribution in [0.5, 0.6) is 11.5 Å². The van der Waals surface area contributed by atoms with Crippen LogP contribution in [0.1, 0.15) is 15.9 Å². The molecule has 3 aromatic rings. The molecule has 0 aliphatic carbocycles. The molecule has 0 spiro atoms. The van der Waals surface area contributed by atoms with Crippen LogP contribution in [-0.4, -0.2) is 50.2 Å². The van der Waals surface area contributed by atoms with Gasteiger partial charge in [-0.1, -0.05) is 24.3 Å². The second-order valence-electron chi connectivity index (χ2n) is 7.36. The molecule has 0 N–H and O–H groups in total. The predicted octanol–water partition coefficient (Wildman–Crippen LogP) is 2.79. The number of ether oxygens (including phenoxy) is 3. The first-order valence-electron chi connectivity index (χ1n) is 10.4. The summed E-state index contributed by atoms with van der Waals surface area (Å²) in [6, 6.07) is 14.7. The van der Waals surface area contributed by atoms with Crippen LogP contribution in [0.2, 0.25) is 0 Å². The summed E-state index contributed by atoms with van der Waals surface area (Å²) in [6.07, 6.45) is 1.43. The first kappa shape index (κ1) is 22.8. The van der Waals surface area contributed by atoms with Crippen LogP contribution in [0.25, 0.3) is 17.0 Å². The number of rotatable bonds is 5. The molecule has 0 radical (unpaired) electrons. The molecule has 1 aliphatic heterocycles. The number of nitriles is 1. The van der Waals surface area contributed by atoms with Crippen LogP contribution >= 0.6 is 0 Å². The van der Waals surface area contributed by atoms with E-state index in [1.807, 2.05) is 6.07 Å². The number of carbonyl (C=O) groups is 2. The number of amides is 1. The lowest BCUT2D eigenvalue weighted by Crippen LogP contribution is -2.41. The molecule has 1 amide bonds. The van der Waals surface area contributed by atoms with Gasteiger partial charge in [0.2, 0.25) is 0 Å². The summed E-state index contributed by atoms with van der Waals surface area (Å²) in [7, 11) is 1.38. The van der Waals surface area contributed by atoms with Crippen molar-refractivity contribution in [3.05, 3.63) is 75.7 Å². The Morgan fingerprint density at radius 3 is 2.59 bits per heavy atom. The zero-order chi connectivity index (χ0) is 24.1. The topological polar surface area (TPSA) is 119 Å². The van der Waals surface area contributed by atoms with Gasteiger partial charge in [-0.05, 0) is 35.9 Å². The molecule has 9 heteroatoms. The van der Waals surface area contributed by atoms with Crippen LogP contribution in [0.15, 0.2) is 63.3 Å². The molecule has 0 bridgehead atoms. The zero-order valence-electron chi connectivity index (χ0n) is 18.3. The van der Waals surface area contributed by atoms with E-state index < -0.39 is 11.6 Å². The standard InChI is InChI=1S/C25H20N2O7/c1-31-22-13-16(12-18(15-26)23(28)27-8-10-32-11-9-27)6-7-21(22)34-25(30)19-14-17-4-2-3-5-20(17)33-24(19)29/h2-7,12-14H,8-11H2,1H3/b18-12+. The van der Waals surface area contributed by atoms with E-state index in [1.165, 1.54) is 31.4 Å². The lowest BCUT2D eigenvalue weighted by atomic mass is 10.1. The first-order chi connectivity index (χ1) is 16.5. The Balaban J connectivity index is 1.57. The summed E-state index contributed by atoms with van der Waals surface area (Å²) in [5.74, 6) is -1.04. The Bertz CT molecular complexity index is 1380. The fraction of sp³-hybridized carbons (Fsp3) is 0.200. The van der Waals surface area contributed by atoms with Gasteiger partial charge in [-0.2, -0.15) is 5.26 Å². The Kier molecular flexibility index (Phi) is 6.71. The minimum absolute atomic E-state index is 0.0394. The quantitative estimate of drug-likeness (QED) is 0.187. The Morgan fingerprint density at radius 2 is 1.85 bits per heavy atom. The summed E-state index contributed by atoms with van der Waals surface area (Å²) >= 11 is 0. The number of benzene rings is 2. The van der Waals surface area contributed by atoms with Crippen molar-refractivity contribution in [2.24, 2.45) is 0 Å². The van der Waals surface area contributed by atoms with E-state index in [0.29, 0.717) is 42.8 Å². The van der Waals surface area contributed by atoms with E-state index in [0.717, 1.165) is 0 Å². The highest BCUT2D eigenvalue weighted by Gasteiger charge is 2.21. The van der Waals surface area contributed by atoms with Crippen molar-refractivity contribution in [1.29, 1.82) is 5.26 Å². The van der Waals surface area contributed by atoms with Gasteiger partial charge in [0.1, 0.15) is 22.8 Å². The lowest BCUT2D eigenvalue weighted by Gasteiger charge is -2.26. The Hall–Kier alpha value is -4.42. The summed E-state index contributed by atoms with van der Waals surface area (Å²) in [4.78, 5) is 39.1. The molecule has 34 heavy (non-hydrogen) atoms. The second kappa shape index (κ2) is 10.0. The zero-order valence-corrected chi connectivity index (χ0v) is 18.3. The van der Waals surface area contributed by atoms with E-state index in [1.54, 1.807) is 35.2 Å². The summed E-state index contributed by atoms with van der Waals surface area (Å²) < 4.78 is 21.1. The molecule has 1 saturated heterocycles. The van der Waals surface area contributed by atoms with Crippen LogP contribution < -0.4 is 15.1 Å². The summed E-state index contributed by atoms with van der Waals surface area (Å²) in [6.45, 7) is 1.68. The molecule has 2 heterocycles. The van der Waals surface area contributed by atoms with Crippen molar-refractivity contribution in [3.8, 4) is 17.6 Å². The third kappa shape index (κ3) is 4.82. The van der Waals surface area contributed by atoms with E-state index >= 15 is 0 Å². The summed E-state index contributed by atoms with van der Waals surface area (Å²) in [5.41, 5.74) is -0.254. The number of para-hydroxylation sites is 1. The maximum Gasteiger partial charge on any atom is 0.351 e. The van der Waals surface area contributed by atoms with Gasteiger partial charge in [0.15, 0.2) is 11.5 Å². The molecular formula is C25H20N2O7. The highest BCUT2D eigenvalue weighted by molar-refractivity contribution is 6.02. The predicted molar refractivity (Wildman–Crippen MR) is 121 cm³/mol. The Morgan fingerprint density at radius 1 is 1.09 bits per heavy atom. The molecule has 0 atom stereocenters. The molecule has 1 aromatic heterocycles. The number of nitrogens with zero attached hydrogens (tertiary/aromatic N) is 2. The van der Waals surface area contributed by atoms with Crippen molar-refractivity contribution in [3.63, 3.8) is 0 Å². The van der Waals surface area contributed by atoms with Crippen molar-refractivity contribution in [1.82, 2.24) is 4.90 Å². The molecule has 172 valence electrons. The third-order valence-electron chi connectivity index (χ3n) is 5.21. The molecule has 2 aromatic carbocycles. The van der Waals surface area contributed by atoms with Crippen molar-refractivity contribution < 1.29 is 28.2 Å². The first-order valence-corrected chi connectivity index (χ1v) is 10.4. The van der Waals surface area contributed by atoms with E-state index in [4.69, 9.17) is 18.6 Å². The van der Waals surface area contributed by atoms with Gasteiger partial charge in [-0.3, -0.25) is 4.79 Å². The molecule has 0 saturated carbocycles. The SMILES string of the molecule is COc1cc(/C=C(\C#N)C(=O)N2CCOCC2)ccc1OC(=O)c1cc2ccccc2oc1=O. The minimum Gasteiger partial charge on any atom is -0.493 e. The van der Waals surface area contributed by atoms with Gasteiger partial charge in [-0.25, -0.2) is 9.59 Å². The minimum atomic E-state index is -0.902. The fourth-order valence-electron chi connectivity index (χ4n) is 3.46. The van der Waals surface area contributed by atoms with Gasteiger partial charge in [0.25, 0.3) is 5.91 Å². The fourth-order valence-corrected chi connectivity index (χ4v) is 3.46. The number of hydrogen-bond donors (Lipinski definition) is 0. The maximum atomic E-state index is 12.7. The van der Waals surface area contributed by atoms with Gasteiger partial charge in [0.05, 0.1) is 20.3 Å². The number of methoxy groups -OCH3 is 1. The van der Waals surface area contributed by atoms with Crippen LogP contribution in [-0.2, 0) is 9.53 Å². The van der Waals surface area contributed by atoms with Crippen molar-refractivity contribution in [2.45, 2.75) is 0 Å². The van der Waals surface area contributed by atoms with Crippen LogP contribution in [0, 0.1) is 11.3 Å². The average Bonchev–Trinajstić information content (AvgIpc) is 2.87. The third-order valence-corrected chi connectivity index (χ3v) is 5.21.